The lowest BCUT2D eigenvalue weighted by Crippen LogP contribution is -2.40. The summed E-state index contributed by atoms with van der Waals surface area (Å²) in [5.41, 5.74) is 2.64. The Labute approximate surface area is 182 Å². The standard InChI is InChI=1S/C24H28N4O3/c1-15-14-21(27-20-7-5-4-6-18(15)20)25-16-8-10-17(11-9-16)26-23(29)19-12-13-22(30-2)28-24(19)31-3/h4-7,12-14,16-17H,8-11H2,1-3H3,(H,25,27)(H,26,29)/t16-,17+. The minimum atomic E-state index is -0.171. The first-order valence-electron chi connectivity index (χ1n) is 10.6. The Morgan fingerprint density at radius 2 is 1.71 bits per heavy atom. The van der Waals surface area contributed by atoms with Gasteiger partial charge in [-0.1, -0.05) is 18.2 Å². The molecule has 0 spiro atoms. The highest BCUT2D eigenvalue weighted by Crippen LogP contribution is 2.26. The molecule has 1 saturated carbocycles. The third kappa shape index (κ3) is 4.71. The van der Waals surface area contributed by atoms with Crippen LogP contribution in [-0.4, -0.2) is 42.2 Å². The Kier molecular flexibility index (Phi) is 6.21. The van der Waals surface area contributed by atoms with E-state index in [-0.39, 0.29) is 17.8 Å². The molecule has 7 heteroatoms. The predicted octanol–water partition coefficient (Wildman–Crippen LogP) is 4.11. The summed E-state index contributed by atoms with van der Waals surface area (Å²) in [5, 5.41) is 7.89. The summed E-state index contributed by atoms with van der Waals surface area (Å²) in [4.78, 5) is 21.7. The van der Waals surface area contributed by atoms with Crippen molar-refractivity contribution in [2.45, 2.75) is 44.7 Å². The Morgan fingerprint density at radius 1 is 0.968 bits per heavy atom. The number of aromatic nitrogens is 2. The second-order valence-corrected chi connectivity index (χ2v) is 7.92. The Hall–Kier alpha value is -3.35. The SMILES string of the molecule is COc1ccc(C(=O)N[C@H]2CC[C@@H](Nc3cc(C)c4ccccc4n3)CC2)c(OC)n1. The zero-order valence-electron chi connectivity index (χ0n) is 18.1. The number of hydrogen-bond acceptors (Lipinski definition) is 6. The minimum Gasteiger partial charge on any atom is -0.481 e. The van der Waals surface area contributed by atoms with Gasteiger partial charge in [0.25, 0.3) is 5.91 Å². The Morgan fingerprint density at radius 3 is 2.45 bits per heavy atom. The molecule has 4 rings (SSSR count). The zero-order chi connectivity index (χ0) is 21.8. The fraction of sp³-hybridized carbons (Fsp3) is 0.375. The van der Waals surface area contributed by atoms with Gasteiger partial charge in [-0.25, -0.2) is 4.98 Å². The average molecular weight is 421 g/mol. The van der Waals surface area contributed by atoms with Crippen LogP contribution in [0.2, 0.25) is 0 Å². The van der Waals surface area contributed by atoms with Gasteiger partial charge in [0.1, 0.15) is 11.4 Å². The van der Waals surface area contributed by atoms with Gasteiger partial charge in [-0.15, -0.1) is 0 Å². The second-order valence-electron chi connectivity index (χ2n) is 7.92. The molecule has 2 aromatic heterocycles. The molecule has 3 aromatic rings. The summed E-state index contributed by atoms with van der Waals surface area (Å²) in [6, 6.07) is 14.1. The summed E-state index contributed by atoms with van der Waals surface area (Å²) in [6.07, 6.45) is 3.75. The van der Waals surface area contributed by atoms with E-state index in [0.717, 1.165) is 37.0 Å². The number of anilines is 1. The third-order valence-corrected chi connectivity index (χ3v) is 5.82. The minimum absolute atomic E-state index is 0.128. The monoisotopic (exact) mass is 420 g/mol. The van der Waals surface area contributed by atoms with Crippen LogP contribution in [0.4, 0.5) is 5.82 Å². The second kappa shape index (κ2) is 9.20. The highest BCUT2D eigenvalue weighted by molar-refractivity contribution is 5.96. The quantitative estimate of drug-likeness (QED) is 0.624. The van der Waals surface area contributed by atoms with Gasteiger partial charge in [0.15, 0.2) is 0 Å². The maximum absolute atomic E-state index is 12.7. The van der Waals surface area contributed by atoms with Crippen LogP contribution >= 0.6 is 0 Å². The number of amides is 1. The van der Waals surface area contributed by atoms with E-state index >= 15 is 0 Å². The molecule has 1 fully saturated rings. The molecule has 31 heavy (non-hydrogen) atoms. The van der Waals surface area contributed by atoms with E-state index in [0.29, 0.717) is 17.5 Å². The molecule has 1 amide bonds. The molecule has 162 valence electrons. The summed E-state index contributed by atoms with van der Waals surface area (Å²) in [7, 11) is 3.03. The molecular formula is C24H28N4O3. The van der Waals surface area contributed by atoms with E-state index in [9.17, 15) is 4.79 Å². The molecule has 1 aliphatic carbocycles. The maximum Gasteiger partial charge on any atom is 0.256 e. The number of nitrogens with zero attached hydrogens (tertiary/aromatic N) is 2. The van der Waals surface area contributed by atoms with Crippen LogP contribution < -0.4 is 20.1 Å². The summed E-state index contributed by atoms with van der Waals surface area (Å²) in [5.74, 6) is 1.43. The Bertz CT molecular complexity index is 1080. The van der Waals surface area contributed by atoms with Crippen molar-refractivity contribution in [2.24, 2.45) is 0 Å². The van der Waals surface area contributed by atoms with Crippen molar-refractivity contribution in [3.8, 4) is 11.8 Å². The van der Waals surface area contributed by atoms with Gasteiger partial charge >= 0.3 is 0 Å². The van der Waals surface area contributed by atoms with E-state index < -0.39 is 0 Å². The number of para-hydroxylation sites is 1. The summed E-state index contributed by atoms with van der Waals surface area (Å²) < 4.78 is 10.4. The first kappa shape index (κ1) is 20.9. The number of pyridine rings is 2. The fourth-order valence-corrected chi connectivity index (χ4v) is 4.14. The molecule has 1 aliphatic rings. The van der Waals surface area contributed by atoms with Crippen molar-refractivity contribution in [1.29, 1.82) is 0 Å². The molecule has 0 unspecified atom stereocenters. The number of methoxy groups -OCH3 is 2. The van der Waals surface area contributed by atoms with Crippen molar-refractivity contribution in [1.82, 2.24) is 15.3 Å². The van der Waals surface area contributed by atoms with Crippen molar-refractivity contribution >= 4 is 22.6 Å². The first-order chi connectivity index (χ1) is 15.1. The van der Waals surface area contributed by atoms with Crippen LogP contribution in [0.25, 0.3) is 10.9 Å². The van der Waals surface area contributed by atoms with Crippen LogP contribution in [0.1, 0.15) is 41.6 Å². The number of nitrogens with one attached hydrogen (secondary N) is 2. The van der Waals surface area contributed by atoms with Gasteiger partial charge in [0.05, 0.1) is 19.7 Å². The van der Waals surface area contributed by atoms with Crippen molar-refractivity contribution in [3.63, 3.8) is 0 Å². The number of rotatable bonds is 6. The largest absolute Gasteiger partial charge is 0.481 e. The highest BCUT2D eigenvalue weighted by Gasteiger charge is 2.24. The molecule has 0 saturated heterocycles. The van der Waals surface area contributed by atoms with Gasteiger partial charge in [0.2, 0.25) is 11.8 Å². The summed E-state index contributed by atoms with van der Waals surface area (Å²) >= 11 is 0. The van der Waals surface area contributed by atoms with Crippen LogP contribution in [0.5, 0.6) is 11.8 Å². The van der Waals surface area contributed by atoms with Crippen LogP contribution in [0.3, 0.4) is 0 Å². The van der Waals surface area contributed by atoms with Crippen LogP contribution in [-0.2, 0) is 0 Å². The van der Waals surface area contributed by atoms with Crippen LogP contribution in [0, 0.1) is 6.92 Å². The predicted molar refractivity (Wildman–Crippen MR) is 121 cm³/mol. The number of aryl methyl sites for hydroxylation is 1. The van der Waals surface area contributed by atoms with E-state index in [1.165, 1.54) is 25.2 Å². The topological polar surface area (TPSA) is 85.4 Å². The van der Waals surface area contributed by atoms with Gasteiger partial charge in [-0.05, 0) is 56.4 Å². The van der Waals surface area contributed by atoms with E-state index in [1.807, 2.05) is 18.2 Å². The van der Waals surface area contributed by atoms with Gasteiger partial charge in [-0.2, -0.15) is 4.98 Å². The number of carbonyl (C=O) groups excluding carboxylic acids is 1. The molecule has 1 aromatic carbocycles. The lowest BCUT2D eigenvalue weighted by atomic mass is 9.91. The third-order valence-electron chi connectivity index (χ3n) is 5.82. The zero-order valence-corrected chi connectivity index (χ0v) is 18.1. The molecule has 0 radical (unpaired) electrons. The number of hydrogen-bond donors (Lipinski definition) is 2. The smallest absolute Gasteiger partial charge is 0.256 e. The molecule has 7 nitrogen and oxygen atoms in total. The molecule has 0 bridgehead atoms. The number of fused-ring (bicyclic) bond motifs is 1. The highest BCUT2D eigenvalue weighted by atomic mass is 16.5. The maximum atomic E-state index is 12.7. The molecule has 2 N–H and O–H groups in total. The normalized spacial score (nSPS) is 18.4. The fourth-order valence-electron chi connectivity index (χ4n) is 4.14. The molecule has 0 atom stereocenters. The number of carbonyl (C=O) groups is 1. The van der Waals surface area contributed by atoms with Gasteiger partial charge in [0, 0.05) is 23.5 Å². The lowest BCUT2D eigenvalue weighted by molar-refractivity contribution is 0.0922. The van der Waals surface area contributed by atoms with Crippen molar-refractivity contribution in [2.75, 3.05) is 19.5 Å². The molecular weight excluding hydrogens is 392 g/mol. The molecule has 0 aliphatic heterocycles. The van der Waals surface area contributed by atoms with Gasteiger partial charge in [-0.3, -0.25) is 4.79 Å². The van der Waals surface area contributed by atoms with Crippen molar-refractivity contribution < 1.29 is 14.3 Å². The molecule has 2 heterocycles. The average Bonchev–Trinajstić information content (AvgIpc) is 2.80. The van der Waals surface area contributed by atoms with E-state index in [2.05, 4.69) is 34.7 Å². The van der Waals surface area contributed by atoms with Crippen LogP contribution in [0.15, 0.2) is 42.5 Å². The Balaban J connectivity index is 1.34. The van der Waals surface area contributed by atoms with Crippen molar-refractivity contribution in [3.05, 3.63) is 53.6 Å². The first-order valence-corrected chi connectivity index (χ1v) is 10.6. The van der Waals surface area contributed by atoms with Gasteiger partial charge < -0.3 is 20.1 Å². The van der Waals surface area contributed by atoms with E-state index in [1.54, 1.807) is 12.1 Å². The summed E-state index contributed by atoms with van der Waals surface area (Å²) in [6.45, 7) is 2.12. The number of ether oxygens (including phenoxy) is 2. The number of benzene rings is 1. The van der Waals surface area contributed by atoms with E-state index in [4.69, 9.17) is 14.5 Å². The lowest BCUT2D eigenvalue weighted by Gasteiger charge is -2.30.